The summed E-state index contributed by atoms with van der Waals surface area (Å²) in [6.45, 7) is 0. The van der Waals surface area contributed by atoms with Gasteiger partial charge in [0.1, 0.15) is 6.04 Å². The molecular formula is C15H25NO2S. The van der Waals surface area contributed by atoms with Gasteiger partial charge in [-0.1, -0.05) is 0 Å². The fraction of sp³-hybridized carbons (Fsp3) is 0.933. The van der Waals surface area contributed by atoms with Gasteiger partial charge in [0, 0.05) is 5.75 Å². The Bertz CT molecular complexity index is 323. The molecule has 4 fully saturated rings. The number of hydrogen-bond acceptors (Lipinski definition) is 3. The van der Waals surface area contributed by atoms with Crippen LogP contribution in [0.4, 0.5) is 0 Å². The monoisotopic (exact) mass is 283 g/mol. The molecule has 0 aliphatic heterocycles. The minimum atomic E-state index is -0.873. The minimum absolute atomic E-state index is 0.557. The molecule has 3 nitrogen and oxygen atoms in total. The third-order valence-corrected chi connectivity index (χ3v) is 6.64. The van der Waals surface area contributed by atoms with Crippen LogP contribution in [0.15, 0.2) is 0 Å². The van der Waals surface area contributed by atoms with Crippen molar-refractivity contribution < 1.29 is 9.90 Å². The molecule has 0 unspecified atom stereocenters. The molecule has 0 aromatic rings. The van der Waals surface area contributed by atoms with Crippen LogP contribution in [-0.2, 0) is 4.79 Å². The lowest BCUT2D eigenvalue weighted by atomic mass is 9.49. The van der Waals surface area contributed by atoms with E-state index in [1.54, 1.807) is 11.8 Å². The van der Waals surface area contributed by atoms with Crippen molar-refractivity contribution >= 4 is 17.7 Å². The third-order valence-electron chi connectivity index (χ3n) is 5.56. The van der Waals surface area contributed by atoms with Crippen LogP contribution in [0.1, 0.15) is 44.9 Å². The molecule has 0 amide bonds. The molecule has 4 aliphatic rings. The van der Waals surface area contributed by atoms with Crippen LogP contribution >= 0.6 is 11.8 Å². The number of carbonyl (C=O) groups is 1. The predicted octanol–water partition coefficient (Wildman–Crippen LogP) is 2.74. The number of aliphatic carboxylic acids is 1. The Hall–Kier alpha value is -0.220. The Morgan fingerprint density at radius 2 is 1.74 bits per heavy atom. The molecule has 0 spiro atoms. The summed E-state index contributed by atoms with van der Waals surface area (Å²) in [4.78, 5) is 10.7. The van der Waals surface area contributed by atoms with Gasteiger partial charge in [0.25, 0.3) is 0 Å². The van der Waals surface area contributed by atoms with E-state index in [0.29, 0.717) is 11.2 Å². The summed E-state index contributed by atoms with van der Waals surface area (Å²) >= 11 is 1.73. The lowest BCUT2D eigenvalue weighted by molar-refractivity contribution is -0.137. The Balaban J connectivity index is 1.46. The van der Waals surface area contributed by atoms with Crippen molar-refractivity contribution in [3.8, 4) is 0 Å². The molecule has 1 atom stereocenters. The molecule has 4 rings (SSSR count). The van der Waals surface area contributed by atoms with E-state index in [1.807, 2.05) is 0 Å². The first-order valence-corrected chi connectivity index (χ1v) is 8.78. The van der Waals surface area contributed by atoms with Crippen LogP contribution in [0.3, 0.4) is 0 Å². The second-order valence-corrected chi connectivity index (χ2v) is 8.34. The predicted molar refractivity (Wildman–Crippen MR) is 78.2 cm³/mol. The lowest BCUT2D eigenvalue weighted by Gasteiger charge is -2.57. The first-order chi connectivity index (χ1) is 9.06. The number of rotatable bonds is 6. The van der Waals surface area contributed by atoms with Gasteiger partial charge in [0.2, 0.25) is 0 Å². The number of carboxylic acids is 1. The molecule has 4 saturated carbocycles. The van der Waals surface area contributed by atoms with Gasteiger partial charge in [-0.3, -0.25) is 4.79 Å². The van der Waals surface area contributed by atoms with Gasteiger partial charge < -0.3 is 10.8 Å². The summed E-state index contributed by atoms with van der Waals surface area (Å²) in [6, 6.07) is -0.693. The van der Waals surface area contributed by atoms with Gasteiger partial charge in [0.05, 0.1) is 0 Å². The zero-order valence-corrected chi connectivity index (χ0v) is 12.3. The van der Waals surface area contributed by atoms with Crippen LogP contribution in [0, 0.1) is 23.2 Å². The zero-order chi connectivity index (χ0) is 13.5. The molecule has 0 radical (unpaired) electrons. The second kappa shape index (κ2) is 5.28. The molecule has 4 heteroatoms. The van der Waals surface area contributed by atoms with Crippen LogP contribution in [-0.4, -0.2) is 28.6 Å². The largest absolute Gasteiger partial charge is 0.480 e. The fourth-order valence-corrected chi connectivity index (χ4v) is 6.31. The van der Waals surface area contributed by atoms with E-state index in [1.165, 1.54) is 44.9 Å². The van der Waals surface area contributed by atoms with Gasteiger partial charge in [-0.25, -0.2) is 0 Å². The standard InChI is InChI=1S/C15H25NO2S/c16-13(14(17)18)9-19-2-1-15-6-10-3-11(7-15)5-12(4-10)8-15/h10-13H,1-9,16H2,(H,17,18)/t10?,11?,12?,13-,15?/m0/s1. The number of hydrogen-bond donors (Lipinski definition) is 2. The van der Waals surface area contributed by atoms with Crippen LogP contribution in [0.5, 0.6) is 0 Å². The normalized spacial score (nSPS) is 41.4. The zero-order valence-electron chi connectivity index (χ0n) is 11.5. The van der Waals surface area contributed by atoms with E-state index in [9.17, 15) is 4.79 Å². The molecule has 4 bridgehead atoms. The first-order valence-electron chi connectivity index (χ1n) is 7.62. The van der Waals surface area contributed by atoms with Crippen molar-refractivity contribution in [1.29, 1.82) is 0 Å². The van der Waals surface area contributed by atoms with Crippen molar-refractivity contribution in [2.45, 2.75) is 51.0 Å². The molecule has 3 N–H and O–H groups in total. The topological polar surface area (TPSA) is 63.3 Å². The molecule has 108 valence electrons. The van der Waals surface area contributed by atoms with Crippen LogP contribution in [0.2, 0.25) is 0 Å². The number of thioether (sulfide) groups is 1. The van der Waals surface area contributed by atoms with Crippen molar-refractivity contribution in [3.63, 3.8) is 0 Å². The Morgan fingerprint density at radius 1 is 1.21 bits per heavy atom. The Morgan fingerprint density at radius 3 is 2.21 bits per heavy atom. The van der Waals surface area contributed by atoms with Gasteiger partial charge in [-0.05, 0) is 73.9 Å². The van der Waals surface area contributed by atoms with Crippen LogP contribution < -0.4 is 5.73 Å². The summed E-state index contributed by atoms with van der Waals surface area (Å²) in [6.07, 6.45) is 10.1. The molecule has 0 saturated heterocycles. The summed E-state index contributed by atoms with van der Waals surface area (Å²) in [7, 11) is 0. The highest BCUT2D eigenvalue weighted by Gasteiger charge is 2.50. The van der Waals surface area contributed by atoms with E-state index in [4.69, 9.17) is 10.8 Å². The maximum atomic E-state index is 10.7. The second-order valence-electron chi connectivity index (χ2n) is 7.19. The quantitative estimate of drug-likeness (QED) is 0.736. The minimum Gasteiger partial charge on any atom is -0.480 e. The maximum absolute atomic E-state index is 10.7. The average molecular weight is 283 g/mol. The summed E-state index contributed by atoms with van der Waals surface area (Å²) < 4.78 is 0. The highest BCUT2D eigenvalue weighted by atomic mass is 32.2. The Kier molecular flexibility index (Phi) is 3.82. The molecule has 0 aromatic heterocycles. The summed E-state index contributed by atoms with van der Waals surface area (Å²) in [5, 5.41) is 8.77. The summed E-state index contributed by atoms with van der Waals surface area (Å²) in [5.41, 5.74) is 6.16. The molecule has 0 aromatic carbocycles. The highest BCUT2D eigenvalue weighted by molar-refractivity contribution is 7.99. The van der Waals surface area contributed by atoms with Crippen molar-refractivity contribution in [3.05, 3.63) is 0 Å². The summed E-state index contributed by atoms with van der Waals surface area (Å²) in [5.74, 6) is 3.81. The maximum Gasteiger partial charge on any atom is 0.321 e. The SMILES string of the molecule is N[C@@H](CSCCC12CC3CC(CC(C3)C1)C2)C(=O)O. The highest BCUT2D eigenvalue weighted by Crippen LogP contribution is 2.61. The smallest absolute Gasteiger partial charge is 0.321 e. The van der Waals surface area contributed by atoms with E-state index in [2.05, 4.69) is 0 Å². The van der Waals surface area contributed by atoms with E-state index in [0.717, 1.165) is 23.5 Å². The van der Waals surface area contributed by atoms with Gasteiger partial charge in [-0.2, -0.15) is 11.8 Å². The molecule has 4 aliphatic carbocycles. The first kappa shape index (κ1) is 13.7. The van der Waals surface area contributed by atoms with E-state index < -0.39 is 12.0 Å². The number of carboxylic acid groups (broad SMARTS) is 1. The molecular weight excluding hydrogens is 258 g/mol. The number of nitrogens with two attached hydrogens (primary N) is 1. The van der Waals surface area contributed by atoms with Crippen molar-refractivity contribution in [1.82, 2.24) is 0 Å². The van der Waals surface area contributed by atoms with Crippen molar-refractivity contribution in [2.24, 2.45) is 28.9 Å². The van der Waals surface area contributed by atoms with Crippen molar-refractivity contribution in [2.75, 3.05) is 11.5 Å². The third kappa shape index (κ3) is 2.94. The average Bonchev–Trinajstić information content (AvgIpc) is 2.32. The lowest BCUT2D eigenvalue weighted by Crippen LogP contribution is -2.46. The Labute approximate surface area is 119 Å². The van der Waals surface area contributed by atoms with Gasteiger partial charge >= 0.3 is 5.97 Å². The van der Waals surface area contributed by atoms with Crippen LogP contribution in [0.25, 0.3) is 0 Å². The van der Waals surface area contributed by atoms with E-state index in [-0.39, 0.29) is 0 Å². The van der Waals surface area contributed by atoms with Gasteiger partial charge in [0.15, 0.2) is 0 Å². The fourth-order valence-electron chi connectivity index (χ4n) is 5.17. The molecule has 19 heavy (non-hydrogen) atoms. The van der Waals surface area contributed by atoms with Gasteiger partial charge in [-0.15, -0.1) is 0 Å². The van der Waals surface area contributed by atoms with E-state index >= 15 is 0 Å². The molecule has 0 heterocycles.